The van der Waals surface area contributed by atoms with E-state index in [2.05, 4.69) is 10.5 Å². The van der Waals surface area contributed by atoms with Gasteiger partial charge in [-0.25, -0.2) is 0 Å². The molecule has 0 aromatic carbocycles. The van der Waals surface area contributed by atoms with Crippen molar-refractivity contribution in [2.24, 2.45) is 22.7 Å². The van der Waals surface area contributed by atoms with Gasteiger partial charge in [-0.05, 0) is 12.3 Å². The molecule has 5 nitrogen and oxygen atoms in total. The van der Waals surface area contributed by atoms with E-state index in [1.54, 1.807) is 0 Å². The minimum absolute atomic E-state index is 0.239. The molecule has 8 heteroatoms. The predicted molar refractivity (Wildman–Crippen MR) is 61.3 cm³/mol. The number of aliphatic hydroxyl groups excluding tert-OH is 1. The largest absolute Gasteiger partial charge is 0.409 e. The lowest BCUT2D eigenvalue weighted by molar-refractivity contribution is -0.155. The normalized spacial score (nSPS) is 16.9. The van der Waals surface area contributed by atoms with Crippen LogP contribution in [0.2, 0.25) is 0 Å². The third-order valence-electron chi connectivity index (χ3n) is 2.45. The molecule has 0 aliphatic carbocycles. The fourth-order valence-electron chi connectivity index (χ4n) is 1.53. The van der Waals surface area contributed by atoms with Crippen LogP contribution in [0, 0.1) is 11.8 Å². The zero-order valence-electron chi connectivity index (χ0n) is 10.4. The number of oxime groups is 1. The molecule has 2 unspecified atom stereocenters. The monoisotopic (exact) mass is 271 g/mol. The summed E-state index contributed by atoms with van der Waals surface area (Å²) < 4.78 is 37.8. The Morgan fingerprint density at radius 2 is 1.94 bits per heavy atom. The first kappa shape index (κ1) is 17.0. The number of hydrogen-bond donors (Lipinski definition) is 4. The highest BCUT2D eigenvalue weighted by molar-refractivity contribution is 5.83. The zero-order valence-corrected chi connectivity index (χ0v) is 10.4. The van der Waals surface area contributed by atoms with E-state index in [4.69, 9.17) is 16.0 Å². The smallest absolute Gasteiger partial charge is 0.400 e. The van der Waals surface area contributed by atoms with Gasteiger partial charge in [0.1, 0.15) is 5.92 Å². The van der Waals surface area contributed by atoms with E-state index >= 15 is 0 Å². The van der Waals surface area contributed by atoms with Gasteiger partial charge in [-0.1, -0.05) is 19.0 Å². The summed E-state index contributed by atoms with van der Waals surface area (Å²) in [6, 6.07) is -0.443. The van der Waals surface area contributed by atoms with Gasteiger partial charge in [0.2, 0.25) is 0 Å². The van der Waals surface area contributed by atoms with Gasteiger partial charge in [-0.15, -0.1) is 0 Å². The molecule has 0 aromatic heterocycles. The molecule has 0 saturated heterocycles. The second-order valence-electron chi connectivity index (χ2n) is 4.54. The number of alkyl halides is 3. The van der Waals surface area contributed by atoms with Gasteiger partial charge in [0.05, 0.1) is 6.61 Å². The lowest BCUT2D eigenvalue weighted by Gasteiger charge is -2.23. The highest BCUT2D eigenvalue weighted by atomic mass is 19.4. The molecule has 0 aliphatic rings. The highest BCUT2D eigenvalue weighted by Gasteiger charge is 2.42. The molecule has 0 aliphatic heterocycles. The maximum atomic E-state index is 12.6. The first-order valence-corrected chi connectivity index (χ1v) is 5.60. The van der Waals surface area contributed by atoms with E-state index in [-0.39, 0.29) is 12.5 Å². The molecule has 0 fully saturated rings. The molecule has 0 heterocycles. The molecule has 0 saturated carbocycles. The van der Waals surface area contributed by atoms with Gasteiger partial charge in [0, 0.05) is 12.6 Å². The van der Waals surface area contributed by atoms with Gasteiger partial charge in [0.25, 0.3) is 0 Å². The molecule has 2 atom stereocenters. The summed E-state index contributed by atoms with van der Waals surface area (Å²) in [5, 5.41) is 22.3. The molecular weight excluding hydrogens is 251 g/mol. The maximum Gasteiger partial charge on any atom is 0.400 e. The van der Waals surface area contributed by atoms with Crippen LogP contribution in [0.25, 0.3) is 0 Å². The summed E-state index contributed by atoms with van der Waals surface area (Å²) in [5.74, 6) is -2.72. The minimum Gasteiger partial charge on any atom is -0.409 e. The van der Waals surface area contributed by atoms with Crippen molar-refractivity contribution >= 4 is 5.84 Å². The van der Waals surface area contributed by atoms with Crippen LogP contribution in [0.15, 0.2) is 5.16 Å². The molecular formula is C10H20F3N3O2. The second kappa shape index (κ2) is 7.42. The molecule has 0 rings (SSSR count). The Morgan fingerprint density at radius 1 is 1.39 bits per heavy atom. The highest BCUT2D eigenvalue weighted by Crippen LogP contribution is 2.26. The van der Waals surface area contributed by atoms with Gasteiger partial charge in [-0.3, -0.25) is 0 Å². The summed E-state index contributed by atoms with van der Waals surface area (Å²) >= 11 is 0. The van der Waals surface area contributed by atoms with Crippen LogP contribution in [-0.4, -0.2) is 41.5 Å². The molecule has 108 valence electrons. The van der Waals surface area contributed by atoms with Gasteiger partial charge in [0.15, 0.2) is 5.84 Å². The fraction of sp³-hybridized carbons (Fsp3) is 0.900. The number of rotatable bonds is 7. The Hall–Kier alpha value is -1.02. The van der Waals surface area contributed by atoms with Crippen molar-refractivity contribution < 1.29 is 23.5 Å². The van der Waals surface area contributed by atoms with E-state index in [0.717, 1.165) is 0 Å². The topological polar surface area (TPSA) is 90.9 Å². The molecule has 5 N–H and O–H groups in total. The molecule has 0 amide bonds. The minimum atomic E-state index is -4.60. The number of nitrogens with one attached hydrogen (secondary N) is 1. The van der Waals surface area contributed by atoms with Crippen LogP contribution in [0.3, 0.4) is 0 Å². The van der Waals surface area contributed by atoms with Crippen LogP contribution in [0.1, 0.15) is 20.3 Å². The average Bonchev–Trinajstić information content (AvgIpc) is 2.24. The Kier molecular flexibility index (Phi) is 7.00. The van der Waals surface area contributed by atoms with Crippen molar-refractivity contribution in [1.29, 1.82) is 0 Å². The maximum absolute atomic E-state index is 12.6. The Balaban J connectivity index is 4.52. The van der Waals surface area contributed by atoms with E-state index < -0.39 is 30.5 Å². The molecule has 0 spiro atoms. The van der Waals surface area contributed by atoms with Crippen molar-refractivity contribution in [2.75, 3.05) is 13.2 Å². The first-order valence-electron chi connectivity index (χ1n) is 5.60. The zero-order chi connectivity index (χ0) is 14.3. The van der Waals surface area contributed by atoms with E-state index in [1.165, 1.54) is 0 Å². The lowest BCUT2D eigenvalue weighted by atomic mass is 10.0. The van der Waals surface area contributed by atoms with Gasteiger partial charge >= 0.3 is 6.18 Å². The number of nitrogens with two attached hydrogens (primary N) is 1. The van der Waals surface area contributed by atoms with Crippen LogP contribution in [-0.2, 0) is 0 Å². The van der Waals surface area contributed by atoms with E-state index in [1.807, 2.05) is 13.8 Å². The number of amidine groups is 1. The fourth-order valence-corrected chi connectivity index (χ4v) is 1.53. The summed E-state index contributed by atoms with van der Waals surface area (Å²) in [6.07, 6.45) is -4.06. The van der Waals surface area contributed by atoms with Crippen LogP contribution >= 0.6 is 0 Å². The van der Waals surface area contributed by atoms with Crippen molar-refractivity contribution in [3.05, 3.63) is 0 Å². The molecule has 0 aromatic rings. The van der Waals surface area contributed by atoms with Crippen molar-refractivity contribution in [3.63, 3.8) is 0 Å². The van der Waals surface area contributed by atoms with Crippen molar-refractivity contribution in [3.8, 4) is 0 Å². The Bertz CT molecular complexity index is 270. The average molecular weight is 271 g/mol. The summed E-state index contributed by atoms with van der Waals surface area (Å²) in [4.78, 5) is 0. The van der Waals surface area contributed by atoms with Crippen molar-refractivity contribution in [1.82, 2.24) is 5.32 Å². The van der Waals surface area contributed by atoms with Crippen LogP contribution in [0.4, 0.5) is 13.2 Å². The quantitative estimate of drug-likeness (QED) is 0.240. The molecule has 0 bridgehead atoms. The SMILES string of the molecule is CC(C)CC(CO)NCC(C(N)=NO)C(F)(F)F. The molecule has 0 radical (unpaired) electrons. The van der Waals surface area contributed by atoms with Crippen LogP contribution < -0.4 is 11.1 Å². The van der Waals surface area contributed by atoms with Crippen LogP contribution in [0.5, 0.6) is 0 Å². The number of nitrogens with zero attached hydrogens (tertiary/aromatic N) is 1. The van der Waals surface area contributed by atoms with E-state index in [9.17, 15) is 13.2 Å². The Morgan fingerprint density at radius 3 is 2.28 bits per heavy atom. The number of aliphatic hydroxyl groups is 1. The van der Waals surface area contributed by atoms with Gasteiger partial charge < -0.3 is 21.4 Å². The van der Waals surface area contributed by atoms with Crippen molar-refractivity contribution in [2.45, 2.75) is 32.5 Å². The predicted octanol–water partition coefficient (Wildman–Crippen LogP) is 0.908. The molecule has 18 heavy (non-hydrogen) atoms. The third-order valence-corrected chi connectivity index (χ3v) is 2.45. The third kappa shape index (κ3) is 6.06. The van der Waals surface area contributed by atoms with E-state index in [0.29, 0.717) is 6.42 Å². The standard InChI is InChI=1S/C10H20F3N3O2/c1-6(2)3-7(5-17)15-4-8(9(14)16-18)10(11,12)13/h6-8,15,17-18H,3-5H2,1-2H3,(H2,14,16). The van der Waals surface area contributed by atoms with Gasteiger partial charge in [-0.2, -0.15) is 13.2 Å². The number of hydrogen-bond acceptors (Lipinski definition) is 4. The number of halogens is 3. The summed E-state index contributed by atoms with van der Waals surface area (Å²) in [7, 11) is 0. The summed E-state index contributed by atoms with van der Waals surface area (Å²) in [5.41, 5.74) is 5.01. The Labute approximate surface area is 104 Å². The summed E-state index contributed by atoms with van der Waals surface area (Å²) in [6.45, 7) is 3.00. The second-order valence-corrected chi connectivity index (χ2v) is 4.54. The first-order chi connectivity index (χ1) is 8.22. The lowest BCUT2D eigenvalue weighted by Crippen LogP contribution is -2.46.